The second-order valence-electron chi connectivity index (χ2n) is 19.0. The van der Waals surface area contributed by atoms with Gasteiger partial charge < -0.3 is 0 Å². The van der Waals surface area contributed by atoms with Gasteiger partial charge in [-0.25, -0.2) is 0 Å². The zero-order chi connectivity index (χ0) is 51.6. The molecule has 0 saturated heterocycles. The maximum absolute atomic E-state index is 5.04. The van der Waals surface area contributed by atoms with Crippen LogP contribution in [0, 0.1) is 0 Å². The number of allylic oxidation sites excluding steroid dienone is 15. The molecule has 0 nitrogen and oxygen atoms in total. The minimum atomic E-state index is 0.801. The summed E-state index contributed by atoms with van der Waals surface area (Å²) in [5.41, 5.74) is 16.2. The molecule has 0 radical (unpaired) electrons. The Hall–Kier alpha value is -7.44. The molecular weight excluding hydrogens is 993 g/mol. The lowest BCUT2D eigenvalue weighted by molar-refractivity contribution is 1.12. The largest absolute Gasteiger partial charge is 0.143 e. The molecule has 0 spiro atoms. The van der Waals surface area contributed by atoms with Gasteiger partial charge in [-0.1, -0.05) is 232 Å². The van der Waals surface area contributed by atoms with E-state index in [9.17, 15) is 0 Å². The molecule has 0 N–H and O–H groups in total. The van der Waals surface area contributed by atoms with Gasteiger partial charge in [-0.05, 0) is 157 Å². The second-order valence-corrected chi connectivity index (χ2v) is 22.7. The first kappa shape index (κ1) is 50.7. The zero-order valence-corrected chi connectivity index (χ0v) is 46.0. The summed E-state index contributed by atoms with van der Waals surface area (Å²) in [6, 6.07) is 64.3. The fourth-order valence-electron chi connectivity index (χ4n) is 10.1. The van der Waals surface area contributed by atoms with Gasteiger partial charge in [0.1, 0.15) is 0 Å². The molecular formula is C72H58S4. The topological polar surface area (TPSA) is 0 Å². The van der Waals surface area contributed by atoms with E-state index in [1.165, 1.54) is 107 Å². The third-order valence-electron chi connectivity index (χ3n) is 14.0. The van der Waals surface area contributed by atoms with E-state index in [2.05, 4.69) is 262 Å². The molecule has 0 bridgehead atoms. The Morgan fingerprint density at radius 2 is 1.26 bits per heavy atom. The molecule has 9 aromatic rings. The standard InChI is InChI=1S/C72H58S4/c1-3-18-51(35-34-50-20-15-21-50)49-74-67(19-4-2)68-47-46-65(76-68)54-28-16-29-57(42-39-54)69-62-31-13-14-32-63(62)70(72(56-25-9-6-10-26-56)71(69)55-23-7-5-8-24-55)58-40-37-53(38-41-58)64(73)33-17-30-61-44-45-66(75-61)60-43-36-52-22-11-12-27-59(52)48-60/h3,5-20,22-28,30-34,36-48,73H,1,4,21,29,35,49H2,2H3/b30-17+,50-34?,51-18+,64-33-,67-19-. The van der Waals surface area contributed by atoms with Crippen molar-refractivity contribution in [2.75, 3.05) is 5.75 Å². The van der Waals surface area contributed by atoms with Gasteiger partial charge in [-0.2, -0.15) is 0 Å². The number of fused-ring (bicyclic) bond motifs is 2. The highest BCUT2D eigenvalue weighted by Crippen LogP contribution is 2.50. The van der Waals surface area contributed by atoms with E-state index in [0.717, 1.165) is 47.5 Å². The molecule has 7 aromatic carbocycles. The molecule has 0 unspecified atom stereocenters. The summed E-state index contributed by atoms with van der Waals surface area (Å²) in [4.78, 5) is 7.31. The van der Waals surface area contributed by atoms with Gasteiger partial charge >= 0.3 is 0 Å². The molecule has 0 amide bonds. The van der Waals surface area contributed by atoms with E-state index in [-0.39, 0.29) is 0 Å². The molecule has 0 fully saturated rings. The van der Waals surface area contributed by atoms with Crippen molar-refractivity contribution < 1.29 is 0 Å². The highest BCUT2D eigenvalue weighted by molar-refractivity contribution is 8.08. The van der Waals surface area contributed by atoms with E-state index >= 15 is 0 Å². The molecule has 4 heteroatoms. The zero-order valence-electron chi connectivity index (χ0n) is 42.7. The van der Waals surface area contributed by atoms with Crippen molar-refractivity contribution in [3.63, 3.8) is 0 Å². The van der Waals surface area contributed by atoms with Crippen molar-refractivity contribution in [1.82, 2.24) is 0 Å². The normalized spacial score (nSPS) is 14.6. The van der Waals surface area contributed by atoms with E-state index in [0.29, 0.717) is 0 Å². The van der Waals surface area contributed by atoms with Crippen LogP contribution in [0.3, 0.4) is 0 Å². The van der Waals surface area contributed by atoms with Crippen LogP contribution in [0.15, 0.2) is 267 Å². The van der Waals surface area contributed by atoms with Crippen molar-refractivity contribution in [1.29, 1.82) is 0 Å². The predicted molar refractivity (Wildman–Crippen MR) is 343 cm³/mol. The number of thioether (sulfide) groups is 1. The summed E-state index contributed by atoms with van der Waals surface area (Å²) in [5, 5.41) is 4.99. The molecule has 2 aliphatic carbocycles. The molecule has 2 aromatic heterocycles. The quantitative estimate of drug-likeness (QED) is 0.0700. The number of thiophene rings is 2. The van der Waals surface area contributed by atoms with Crippen LogP contribution in [0.2, 0.25) is 0 Å². The van der Waals surface area contributed by atoms with Gasteiger partial charge in [0, 0.05) is 35.1 Å². The van der Waals surface area contributed by atoms with E-state index in [1.807, 2.05) is 29.2 Å². The Bertz CT molecular complexity index is 3870. The summed E-state index contributed by atoms with van der Waals surface area (Å²) < 4.78 is 0. The maximum Gasteiger partial charge on any atom is 0.0409 e. The van der Waals surface area contributed by atoms with Crippen LogP contribution in [-0.4, -0.2) is 5.75 Å². The maximum atomic E-state index is 5.04. The van der Waals surface area contributed by atoms with Gasteiger partial charge in [0.2, 0.25) is 0 Å². The van der Waals surface area contributed by atoms with Crippen LogP contribution in [0.5, 0.6) is 0 Å². The van der Waals surface area contributed by atoms with Crippen molar-refractivity contribution in [3.05, 3.63) is 292 Å². The van der Waals surface area contributed by atoms with Crippen LogP contribution >= 0.6 is 47.1 Å². The number of thiol groups is 1. The van der Waals surface area contributed by atoms with Crippen LogP contribution in [0.1, 0.15) is 58.4 Å². The monoisotopic (exact) mass is 1050 g/mol. The van der Waals surface area contributed by atoms with Crippen molar-refractivity contribution in [2.45, 2.75) is 32.6 Å². The molecule has 2 aliphatic rings. The SMILES string of the molecule is C=C/C=C(\CC=C1C=CC1)CS/C(=C\CC)c1ccc(C2=CC=C(c3c(-c4ccccc4)c(-c4ccccc4)c(-c4ccc(/C(S)=C/C=C/c5ccc(-c6ccc7ccccc7c6)s5)cc4)c4ccccc34)CC=C2)s1. The summed E-state index contributed by atoms with van der Waals surface area (Å²) in [7, 11) is 0. The van der Waals surface area contributed by atoms with E-state index in [1.54, 1.807) is 11.3 Å². The first-order valence-corrected chi connectivity index (χ1v) is 29.2. The lowest BCUT2D eigenvalue weighted by Gasteiger charge is -2.25. The Morgan fingerprint density at radius 3 is 1.99 bits per heavy atom. The van der Waals surface area contributed by atoms with Gasteiger partial charge in [0.25, 0.3) is 0 Å². The highest BCUT2D eigenvalue weighted by Gasteiger charge is 2.25. The average Bonchev–Trinajstić information content (AvgIpc) is 4.20. The van der Waals surface area contributed by atoms with Gasteiger partial charge in [0.15, 0.2) is 0 Å². The van der Waals surface area contributed by atoms with Crippen molar-refractivity contribution in [3.8, 4) is 43.8 Å². The van der Waals surface area contributed by atoms with Crippen LogP contribution < -0.4 is 0 Å². The molecule has 0 atom stereocenters. The second kappa shape index (κ2) is 24.0. The summed E-state index contributed by atoms with van der Waals surface area (Å²) in [6.45, 7) is 6.25. The Labute approximate surface area is 466 Å². The Kier molecular flexibility index (Phi) is 16.0. The minimum absolute atomic E-state index is 0.801. The first-order valence-electron chi connectivity index (χ1n) is 26.2. The number of benzene rings is 7. The smallest absolute Gasteiger partial charge is 0.0409 e. The van der Waals surface area contributed by atoms with E-state index < -0.39 is 0 Å². The van der Waals surface area contributed by atoms with Crippen molar-refractivity contribution >= 4 is 95.6 Å². The summed E-state index contributed by atoms with van der Waals surface area (Å²) in [5.74, 6) is 0.942. The molecule has 11 rings (SSSR count). The summed E-state index contributed by atoms with van der Waals surface area (Å²) in [6.07, 6.45) is 32.9. The number of hydrogen-bond acceptors (Lipinski definition) is 4. The first-order chi connectivity index (χ1) is 37.5. The summed E-state index contributed by atoms with van der Waals surface area (Å²) >= 11 is 10.7. The predicted octanol–water partition coefficient (Wildman–Crippen LogP) is 22.1. The average molecular weight is 1050 g/mol. The van der Waals surface area contributed by atoms with Crippen molar-refractivity contribution in [2.24, 2.45) is 0 Å². The Morgan fingerprint density at radius 1 is 0.605 bits per heavy atom. The molecule has 76 heavy (non-hydrogen) atoms. The molecule has 0 saturated carbocycles. The third-order valence-corrected chi connectivity index (χ3v) is 18.0. The minimum Gasteiger partial charge on any atom is -0.143 e. The van der Waals surface area contributed by atoms with Gasteiger partial charge in [-0.3, -0.25) is 0 Å². The molecule has 0 aliphatic heterocycles. The lowest BCUT2D eigenvalue weighted by atomic mass is 9.78. The fraction of sp³-hybridized carbons (Fsp3) is 0.0833. The lowest BCUT2D eigenvalue weighted by Crippen LogP contribution is -2.00. The van der Waals surface area contributed by atoms with E-state index in [4.69, 9.17) is 12.6 Å². The number of hydrogen-bond donors (Lipinski definition) is 1. The number of rotatable bonds is 17. The van der Waals surface area contributed by atoms with Crippen LogP contribution in [0.4, 0.5) is 0 Å². The van der Waals surface area contributed by atoms with Gasteiger partial charge in [-0.15, -0.1) is 47.1 Å². The van der Waals surface area contributed by atoms with Crippen LogP contribution in [0.25, 0.3) is 92.4 Å². The van der Waals surface area contributed by atoms with Crippen LogP contribution in [-0.2, 0) is 0 Å². The fourth-order valence-corrected chi connectivity index (χ4v) is 13.6. The molecule has 370 valence electrons. The molecule has 2 heterocycles. The Balaban J connectivity index is 0.929. The third kappa shape index (κ3) is 11.4. The van der Waals surface area contributed by atoms with Gasteiger partial charge in [0.05, 0.1) is 0 Å². The highest BCUT2D eigenvalue weighted by atomic mass is 32.2.